The van der Waals surface area contributed by atoms with Crippen molar-refractivity contribution in [2.75, 3.05) is 0 Å². The van der Waals surface area contributed by atoms with Crippen LogP contribution in [0.3, 0.4) is 0 Å². The van der Waals surface area contributed by atoms with Gasteiger partial charge < -0.3 is 4.98 Å². The van der Waals surface area contributed by atoms with Crippen LogP contribution >= 0.6 is 23.4 Å². The third kappa shape index (κ3) is 4.25. The molecular formula is C20H14ClN3O3S. The summed E-state index contributed by atoms with van der Waals surface area (Å²) in [4.78, 5) is 26.3. The third-order valence-corrected chi connectivity index (χ3v) is 5.45. The summed E-state index contributed by atoms with van der Waals surface area (Å²) in [6, 6.07) is 15.4. The molecule has 140 valence electrons. The van der Waals surface area contributed by atoms with Crippen molar-refractivity contribution >= 4 is 29.1 Å². The number of pyridine rings is 1. The highest BCUT2D eigenvalue weighted by atomic mass is 35.5. The summed E-state index contributed by atoms with van der Waals surface area (Å²) in [6.45, 7) is 1.70. The summed E-state index contributed by atoms with van der Waals surface area (Å²) in [7, 11) is 0. The van der Waals surface area contributed by atoms with Gasteiger partial charge in [-0.15, -0.1) is 11.8 Å². The Kier molecular flexibility index (Phi) is 5.83. The van der Waals surface area contributed by atoms with Crippen molar-refractivity contribution in [2.24, 2.45) is 0 Å². The molecule has 1 heterocycles. The first-order valence-electron chi connectivity index (χ1n) is 8.19. The van der Waals surface area contributed by atoms with Crippen LogP contribution in [0.25, 0.3) is 11.1 Å². The van der Waals surface area contributed by atoms with E-state index in [1.165, 1.54) is 23.9 Å². The minimum Gasteiger partial charge on any atom is -0.325 e. The summed E-state index contributed by atoms with van der Waals surface area (Å²) in [5.74, 6) is 0.603. The predicted octanol–water partition coefficient (Wildman–Crippen LogP) is 5.08. The van der Waals surface area contributed by atoms with Crippen molar-refractivity contribution in [3.8, 4) is 17.2 Å². The Balaban J connectivity index is 2.10. The van der Waals surface area contributed by atoms with Gasteiger partial charge in [-0.25, -0.2) is 0 Å². The van der Waals surface area contributed by atoms with Gasteiger partial charge in [-0.2, -0.15) is 5.26 Å². The molecule has 2 aromatic carbocycles. The minimum absolute atomic E-state index is 0.0700. The number of H-pyrrole nitrogens is 1. The second kappa shape index (κ2) is 8.30. The number of nitrogens with zero attached hydrogens (tertiary/aromatic N) is 2. The van der Waals surface area contributed by atoms with Crippen molar-refractivity contribution in [2.45, 2.75) is 17.6 Å². The molecule has 28 heavy (non-hydrogen) atoms. The molecule has 0 saturated carbocycles. The fourth-order valence-electron chi connectivity index (χ4n) is 2.72. The van der Waals surface area contributed by atoms with Crippen LogP contribution < -0.4 is 5.56 Å². The summed E-state index contributed by atoms with van der Waals surface area (Å²) < 4.78 is 0. The largest absolute Gasteiger partial charge is 0.325 e. The van der Waals surface area contributed by atoms with Crippen molar-refractivity contribution in [1.29, 1.82) is 5.26 Å². The van der Waals surface area contributed by atoms with E-state index in [0.29, 0.717) is 27.6 Å². The average Bonchev–Trinajstić information content (AvgIpc) is 2.67. The molecule has 0 spiro atoms. The topological polar surface area (TPSA) is 99.8 Å². The van der Waals surface area contributed by atoms with E-state index >= 15 is 0 Å². The summed E-state index contributed by atoms with van der Waals surface area (Å²) in [6.07, 6.45) is 0. The SMILES string of the molecule is Cc1cc(-c2cc([N+](=O)[O-])ccc2SCc2ccc(Cl)cc2)c(C#N)c(=O)[nH]1. The number of nitro groups is 1. The first-order chi connectivity index (χ1) is 13.4. The van der Waals surface area contributed by atoms with E-state index in [4.69, 9.17) is 11.6 Å². The Bertz CT molecular complexity index is 1150. The van der Waals surface area contributed by atoms with E-state index < -0.39 is 10.5 Å². The molecule has 8 heteroatoms. The summed E-state index contributed by atoms with van der Waals surface area (Å²) >= 11 is 7.38. The van der Waals surface area contributed by atoms with E-state index in [1.54, 1.807) is 31.2 Å². The molecule has 0 unspecified atom stereocenters. The zero-order chi connectivity index (χ0) is 20.3. The van der Waals surface area contributed by atoms with Gasteiger partial charge in [0, 0.05) is 44.6 Å². The van der Waals surface area contributed by atoms with E-state index in [2.05, 4.69) is 4.98 Å². The van der Waals surface area contributed by atoms with E-state index in [-0.39, 0.29) is 11.3 Å². The van der Waals surface area contributed by atoms with Crippen LogP contribution in [0.4, 0.5) is 5.69 Å². The number of hydrogen-bond donors (Lipinski definition) is 1. The van der Waals surface area contributed by atoms with Crippen LogP contribution in [0.15, 0.2) is 58.2 Å². The van der Waals surface area contributed by atoms with Crippen LogP contribution in [0.2, 0.25) is 5.02 Å². The number of aromatic amines is 1. The maximum Gasteiger partial charge on any atom is 0.270 e. The number of nitro benzene ring substituents is 1. The van der Waals surface area contributed by atoms with Gasteiger partial charge in [-0.3, -0.25) is 14.9 Å². The Morgan fingerprint density at radius 3 is 2.54 bits per heavy atom. The van der Waals surface area contributed by atoms with Gasteiger partial charge in [0.25, 0.3) is 11.2 Å². The van der Waals surface area contributed by atoms with Crippen LogP contribution in [0.1, 0.15) is 16.8 Å². The van der Waals surface area contributed by atoms with Gasteiger partial charge >= 0.3 is 0 Å². The summed E-state index contributed by atoms with van der Waals surface area (Å²) in [5, 5.41) is 21.3. The van der Waals surface area contributed by atoms with Crippen molar-refractivity contribution in [1.82, 2.24) is 4.98 Å². The number of hydrogen-bond acceptors (Lipinski definition) is 5. The zero-order valence-corrected chi connectivity index (χ0v) is 16.3. The lowest BCUT2D eigenvalue weighted by atomic mass is 10.0. The lowest BCUT2D eigenvalue weighted by Crippen LogP contribution is -2.13. The van der Waals surface area contributed by atoms with Crippen LogP contribution in [0.5, 0.6) is 0 Å². The third-order valence-electron chi connectivity index (χ3n) is 4.05. The van der Waals surface area contributed by atoms with E-state index in [1.807, 2.05) is 18.2 Å². The number of aromatic nitrogens is 1. The lowest BCUT2D eigenvalue weighted by molar-refractivity contribution is -0.384. The molecule has 0 amide bonds. The number of benzene rings is 2. The predicted molar refractivity (Wildman–Crippen MR) is 110 cm³/mol. The number of aryl methyl sites for hydroxylation is 1. The molecule has 3 rings (SSSR count). The maximum atomic E-state index is 12.2. The van der Waals surface area contributed by atoms with Gasteiger partial charge in [0.1, 0.15) is 11.6 Å². The first-order valence-corrected chi connectivity index (χ1v) is 9.55. The zero-order valence-electron chi connectivity index (χ0n) is 14.7. The molecular weight excluding hydrogens is 398 g/mol. The molecule has 0 aliphatic heterocycles. The Hall–Kier alpha value is -3.08. The maximum absolute atomic E-state index is 12.2. The molecule has 0 bridgehead atoms. The first kappa shape index (κ1) is 19.7. The summed E-state index contributed by atoms with van der Waals surface area (Å²) in [5.41, 5.74) is 1.77. The molecule has 6 nitrogen and oxygen atoms in total. The molecule has 0 aliphatic rings. The smallest absolute Gasteiger partial charge is 0.270 e. The van der Waals surface area contributed by atoms with E-state index in [0.717, 1.165) is 10.5 Å². The molecule has 1 N–H and O–H groups in total. The Morgan fingerprint density at radius 1 is 1.18 bits per heavy atom. The fourth-order valence-corrected chi connectivity index (χ4v) is 3.85. The quantitative estimate of drug-likeness (QED) is 0.358. The second-order valence-electron chi connectivity index (χ2n) is 6.03. The molecule has 0 aliphatic carbocycles. The Labute approximate surface area is 169 Å². The van der Waals surface area contributed by atoms with Crippen LogP contribution in [-0.2, 0) is 5.75 Å². The van der Waals surface area contributed by atoms with Crippen LogP contribution in [0, 0.1) is 28.4 Å². The van der Waals surface area contributed by atoms with Gasteiger partial charge in [-0.05, 0) is 36.8 Å². The fraction of sp³-hybridized carbons (Fsp3) is 0.100. The molecule has 0 radical (unpaired) electrons. The number of halogens is 1. The molecule has 0 saturated heterocycles. The number of nitriles is 1. The van der Waals surface area contributed by atoms with Gasteiger partial charge in [0.15, 0.2) is 0 Å². The number of nitrogens with one attached hydrogen (secondary N) is 1. The van der Waals surface area contributed by atoms with Crippen LogP contribution in [-0.4, -0.2) is 9.91 Å². The van der Waals surface area contributed by atoms with Gasteiger partial charge in [0.2, 0.25) is 0 Å². The van der Waals surface area contributed by atoms with Crippen molar-refractivity contribution < 1.29 is 4.92 Å². The van der Waals surface area contributed by atoms with Crippen molar-refractivity contribution in [3.63, 3.8) is 0 Å². The van der Waals surface area contributed by atoms with E-state index in [9.17, 15) is 20.2 Å². The molecule has 0 fully saturated rings. The van der Waals surface area contributed by atoms with Gasteiger partial charge in [0.05, 0.1) is 4.92 Å². The number of rotatable bonds is 5. The molecule has 1 aromatic heterocycles. The standard InChI is InChI=1S/C20H14ClN3O3S/c1-12-8-16(18(10-22)20(25)23-12)17-9-15(24(26)27)6-7-19(17)28-11-13-2-4-14(21)5-3-13/h2-9H,11H2,1H3,(H,23,25). The highest BCUT2D eigenvalue weighted by Gasteiger charge is 2.18. The minimum atomic E-state index is -0.516. The second-order valence-corrected chi connectivity index (χ2v) is 7.49. The Morgan fingerprint density at radius 2 is 1.89 bits per heavy atom. The van der Waals surface area contributed by atoms with Gasteiger partial charge in [-0.1, -0.05) is 23.7 Å². The highest BCUT2D eigenvalue weighted by Crippen LogP contribution is 2.37. The monoisotopic (exact) mass is 411 g/mol. The molecule has 0 atom stereocenters. The van der Waals surface area contributed by atoms with Crippen molar-refractivity contribution in [3.05, 3.63) is 90.8 Å². The normalized spacial score (nSPS) is 10.5. The average molecular weight is 412 g/mol. The lowest BCUT2D eigenvalue weighted by Gasteiger charge is -2.11. The number of thioether (sulfide) groups is 1. The highest BCUT2D eigenvalue weighted by molar-refractivity contribution is 7.98. The number of non-ortho nitro benzene ring substituents is 1. The molecule has 3 aromatic rings.